The fourth-order valence-corrected chi connectivity index (χ4v) is 2.38. The largest absolute Gasteiger partial charge is 0.306 e. The van der Waals surface area contributed by atoms with E-state index >= 15 is 0 Å². The number of likely N-dealkylation sites (tertiary alicyclic amines) is 1. The minimum atomic E-state index is 0.906. The van der Waals surface area contributed by atoms with Gasteiger partial charge in [-0.15, -0.1) is 0 Å². The van der Waals surface area contributed by atoms with Gasteiger partial charge >= 0.3 is 0 Å². The van der Waals surface area contributed by atoms with Crippen LogP contribution in [0.1, 0.15) is 20.3 Å². The molecule has 0 saturated carbocycles. The molecule has 2 saturated heterocycles. The number of piperidine rings is 1. The first-order chi connectivity index (χ1) is 7.99. The van der Waals surface area contributed by atoms with Crippen LogP contribution in [0.2, 0.25) is 0 Å². The van der Waals surface area contributed by atoms with Crippen LogP contribution in [0.4, 0.5) is 0 Å². The van der Waals surface area contributed by atoms with Crippen molar-refractivity contribution in [3.8, 4) is 0 Å². The highest BCUT2D eigenvalue weighted by atomic mass is 15.2. The smallest absolute Gasteiger partial charge is 0.0107 e. The molecule has 3 heteroatoms. The highest BCUT2D eigenvalue weighted by Gasteiger charge is 2.19. The van der Waals surface area contributed by atoms with E-state index in [1.165, 1.54) is 45.7 Å². The first-order valence-electron chi connectivity index (χ1n) is 7.04. The molecule has 2 aliphatic rings. The van der Waals surface area contributed by atoms with Gasteiger partial charge in [-0.25, -0.2) is 0 Å². The lowest BCUT2D eigenvalue weighted by atomic mass is 9.89. The van der Waals surface area contributed by atoms with Crippen molar-refractivity contribution in [2.24, 2.45) is 11.8 Å². The van der Waals surface area contributed by atoms with E-state index in [0.29, 0.717) is 0 Å². The Morgan fingerprint density at radius 1 is 0.647 bits per heavy atom. The Balaban J connectivity index is 0.000000171. The predicted octanol–water partition coefficient (Wildman–Crippen LogP) is 1.46. The summed E-state index contributed by atoms with van der Waals surface area (Å²) in [6, 6.07) is 0. The van der Waals surface area contributed by atoms with Crippen LogP contribution in [-0.2, 0) is 0 Å². The average Bonchev–Trinajstić information content (AvgIpc) is 2.29. The lowest BCUT2D eigenvalue weighted by molar-refractivity contribution is 0.166. The molecule has 0 radical (unpaired) electrons. The molecule has 2 unspecified atom stereocenters. The zero-order valence-electron chi connectivity index (χ0n) is 12.4. The summed E-state index contributed by atoms with van der Waals surface area (Å²) in [6.07, 6.45) is 1.39. The normalized spacial score (nSPS) is 33.0. The van der Waals surface area contributed by atoms with Crippen molar-refractivity contribution in [2.45, 2.75) is 20.3 Å². The third-order valence-electron chi connectivity index (χ3n) is 4.26. The van der Waals surface area contributed by atoms with Gasteiger partial charge in [0.25, 0.3) is 0 Å². The van der Waals surface area contributed by atoms with E-state index in [1.807, 2.05) is 0 Å². The van der Waals surface area contributed by atoms with Gasteiger partial charge in [0.05, 0.1) is 0 Å². The Bertz CT molecular complexity index is 190. The molecule has 2 aliphatic heterocycles. The molecule has 0 bridgehead atoms. The van der Waals surface area contributed by atoms with E-state index in [2.05, 4.69) is 49.7 Å². The van der Waals surface area contributed by atoms with Crippen molar-refractivity contribution >= 4 is 0 Å². The van der Waals surface area contributed by atoms with E-state index in [0.717, 1.165) is 11.8 Å². The fourth-order valence-electron chi connectivity index (χ4n) is 2.38. The summed E-state index contributed by atoms with van der Waals surface area (Å²) in [6.45, 7) is 12.2. The molecule has 2 fully saturated rings. The van der Waals surface area contributed by atoms with Gasteiger partial charge in [0.15, 0.2) is 0 Å². The van der Waals surface area contributed by atoms with E-state index in [4.69, 9.17) is 0 Å². The molecule has 2 heterocycles. The maximum atomic E-state index is 2.42. The summed E-state index contributed by atoms with van der Waals surface area (Å²) in [5.74, 6) is 1.85. The zero-order chi connectivity index (χ0) is 12.8. The van der Waals surface area contributed by atoms with Crippen LogP contribution in [0.3, 0.4) is 0 Å². The van der Waals surface area contributed by atoms with Crippen LogP contribution in [-0.4, -0.2) is 75.1 Å². The van der Waals surface area contributed by atoms with Crippen LogP contribution >= 0.6 is 0 Å². The van der Waals surface area contributed by atoms with Crippen molar-refractivity contribution in [1.82, 2.24) is 14.7 Å². The molecule has 2 rings (SSSR count). The Labute approximate surface area is 108 Å². The molecule has 0 spiro atoms. The first-order valence-corrected chi connectivity index (χ1v) is 7.04. The Morgan fingerprint density at radius 2 is 1.12 bits per heavy atom. The number of rotatable bonds is 0. The SMILES string of the molecule is CC1CCN(C)CC1C.CN1CCN(C)CC1. The van der Waals surface area contributed by atoms with Gasteiger partial charge < -0.3 is 14.7 Å². The summed E-state index contributed by atoms with van der Waals surface area (Å²) in [4.78, 5) is 7.14. The van der Waals surface area contributed by atoms with E-state index in [-0.39, 0.29) is 0 Å². The molecule has 3 nitrogen and oxygen atoms in total. The number of likely N-dealkylation sites (N-methyl/N-ethyl adjacent to an activating group) is 2. The van der Waals surface area contributed by atoms with Gasteiger partial charge in [-0.05, 0) is 45.9 Å². The highest BCUT2D eigenvalue weighted by molar-refractivity contribution is 4.72. The molecule has 0 N–H and O–H groups in total. The summed E-state index contributed by atoms with van der Waals surface area (Å²) < 4.78 is 0. The topological polar surface area (TPSA) is 9.72 Å². The Kier molecular flexibility index (Phi) is 6.45. The molecular weight excluding hydrogens is 210 g/mol. The summed E-state index contributed by atoms with van der Waals surface area (Å²) in [5, 5.41) is 0. The number of nitrogens with zero attached hydrogens (tertiary/aromatic N) is 3. The summed E-state index contributed by atoms with van der Waals surface area (Å²) in [5.41, 5.74) is 0. The van der Waals surface area contributed by atoms with Gasteiger partial charge in [-0.2, -0.15) is 0 Å². The van der Waals surface area contributed by atoms with Crippen molar-refractivity contribution < 1.29 is 0 Å². The molecule has 2 atom stereocenters. The van der Waals surface area contributed by atoms with E-state index < -0.39 is 0 Å². The van der Waals surface area contributed by atoms with Crippen LogP contribution in [0, 0.1) is 11.8 Å². The fraction of sp³-hybridized carbons (Fsp3) is 1.00. The molecule has 0 aliphatic carbocycles. The molecular formula is C14H31N3. The molecule has 0 aromatic rings. The van der Waals surface area contributed by atoms with Crippen LogP contribution in [0.5, 0.6) is 0 Å². The predicted molar refractivity (Wildman–Crippen MR) is 75.4 cm³/mol. The molecule has 102 valence electrons. The summed E-state index contributed by atoms with van der Waals surface area (Å²) >= 11 is 0. The zero-order valence-corrected chi connectivity index (χ0v) is 12.4. The Hall–Kier alpha value is -0.120. The standard InChI is InChI=1S/C8H17N.C6H14N2/c1-7-4-5-9(3)6-8(7)2;1-7-3-5-8(2)6-4-7/h7-8H,4-6H2,1-3H3;3-6H2,1-2H3. The Morgan fingerprint density at radius 3 is 1.47 bits per heavy atom. The van der Waals surface area contributed by atoms with Gasteiger partial charge in [0.1, 0.15) is 0 Å². The quantitative estimate of drug-likeness (QED) is 0.636. The molecule has 17 heavy (non-hydrogen) atoms. The lowest BCUT2D eigenvalue weighted by Crippen LogP contribution is -2.42. The van der Waals surface area contributed by atoms with Crippen LogP contribution < -0.4 is 0 Å². The van der Waals surface area contributed by atoms with E-state index in [1.54, 1.807) is 0 Å². The van der Waals surface area contributed by atoms with Crippen molar-refractivity contribution in [2.75, 3.05) is 60.4 Å². The average molecular weight is 241 g/mol. The number of hydrogen-bond acceptors (Lipinski definition) is 3. The van der Waals surface area contributed by atoms with Crippen molar-refractivity contribution in [3.63, 3.8) is 0 Å². The third kappa shape index (κ3) is 5.84. The second-order valence-corrected chi connectivity index (χ2v) is 6.11. The van der Waals surface area contributed by atoms with Crippen LogP contribution in [0.15, 0.2) is 0 Å². The van der Waals surface area contributed by atoms with Crippen LogP contribution in [0.25, 0.3) is 0 Å². The minimum absolute atomic E-state index is 0.906. The minimum Gasteiger partial charge on any atom is -0.306 e. The van der Waals surface area contributed by atoms with Crippen molar-refractivity contribution in [1.29, 1.82) is 0 Å². The van der Waals surface area contributed by atoms with Crippen molar-refractivity contribution in [3.05, 3.63) is 0 Å². The molecule has 0 aromatic heterocycles. The second kappa shape index (κ2) is 7.34. The number of piperazine rings is 1. The molecule has 0 aromatic carbocycles. The maximum Gasteiger partial charge on any atom is 0.0107 e. The molecule has 0 amide bonds. The first kappa shape index (κ1) is 14.9. The van der Waals surface area contributed by atoms with Gasteiger partial charge in [-0.3, -0.25) is 0 Å². The number of hydrogen-bond donors (Lipinski definition) is 0. The second-order valence-electron chi connectivity index (χ2n) is 6.11. The third-order valence-corrected chi connectivity index (χ3v) is 4.26. The van der Waals surface area contributed by atoms with Gasteiger partial charge in [-0.1, -0.05) is 13.8 Å². The van der Waals surface area contributed by atoms with Gasteiger partial charge in [0.2, 0.25) is 0 Å². The monoisotopic (exact) mass is 241 g/mol. The van der Waals surface area contributed by atoms with Gasteiger partial charge in [0, 0.05) is 32.7 Å². The van der Waals surface area contributed by atoms with E-state index in [9.17, 15) is 0 Å². The highest BCUT2D eigenvalue weighted by Crippen LogP contribution is 2.20. The lowest BCUT2D eigenvalue weighted by Gasteiger charge is -2.32. The maximum absolute atomic E-state index is 2.42. The summed E-state index contributed by atoms with van der Waals surface area (Å²) in [7, 11) is 6.56.